The molecule has 1 fully saturated rings. The van der Waals surface area contributed by atoms with Gasteiger partial charge in [0, 0.05) is 44.7 Å². The first kappa shape index (κ1) is 23.8. The number of hydrogen-bond acceptors (Lipinski definition) is 7. The second-order valence-electron chi connectivity index (χ2n) is 8.42. The van der Waals surface area contributed by atoms with Crippen molar-refractivity contribution in [1.29, 1.82) is 0 Å². The van der Waals surface area contributed by atoms with E-state index in [-0.39, 0.29) is 30.7 Å². The first-order chi connectivity index (χ1) is 16.5. The number of hydrogen-bond donors (Lipinski definition) is 1. The Labute approximate surface area is 200 Å². The Hall–Kier alpha value is -3.36. The normalized spacial score (nSPS) is 17.0. The van der Waals surface area contributed by atoms with Crippen molar-refractivity contribution in [3.05, 3.63) is 59.8 Å². The van der Waals surface area contributed by atoms with Crippen molar-refractivity contribution in [3.63, 3.8) is 0 Å². The van der Waals surface area contributed by atoms with Crippen LogP contribution in [0.3, 0.4) is 0 Å². The molecule has 0 saturated carbocycles. The van der Waals surface area contributed by atoms with Crippen molar-refractivity contribution in [1.82, 2.24) is 9.80 Å². The van der Waals surface area contributed by atoms with Crippen molar-refractivity contribution in [2.75, 3.05) is 70.3 Å². The molecule has 180 valence electrons. The molecular weight excluding hydrogens is 432 g/mol. The standard InChI is InChI=1S/C26H32N4O4/c1-4-34-22-11-5-19(6-12-22)23-24(26(32)30(25(23)31)17-18-33-3)27-20-7-9-21(10-8-20)29-15-13-28(2)14-16-29/h5-12,27H,4,13-18H2,1-3H3. The Bertz CT molecular complexity index is 1040. The highest BCUT2D eigenvalue weighted by molar-refractivity contribution is 6.36. The van der Waals surface area contributed by atoms with Gasteiger partial charge in [0.2, 0.25) is 0 Å². The molecule has 2 aromatic rings. The molecule has 0 aromatic heterocycles. The lowest BCUT2D eigenvalue weighted by Crippen LogP contribution is -2.44. The fraction of sp³-hybridized carbons (Fsp3) is 0.385. The molecule has 0 radical (unpaired) electrons. The zero-order valence-corrected chi connectivity index (χ0v) is 20.0. The Morgan fingerprint density at radius 3 is 2.21 bits per heavy atom. The minimum absolute atomic E-state index is 0.197. The molecule has 0 aliphatic carbocycles. The molecule has 8 nitrogen and oxygen atoms in total. The maximum absolute atomic E-state index is 13.2. The van der Waals surface area contributed by atoms with Gasteiger partial charge in [-0.25, -0.2) is 0 Å². The summed E-state index contributed by atoms with van der Waals surface area (Å²) in [7, 11) is 3.68. The third kappa shape index (κ3) is 5.08. The highest BCUT2D eigenvalue weighted by Gasteiger charge is 2.39. The molecule has 2 aliphatic heterocycles. The van der Waals surface area contributed by atoms with Crippen LogP contribution in [0, 0.1) is 0 Å². The van der Waals surface area contributed by atoms with Crippen LogP contribution in [0.5, 0.6) is 5.75 Å². The van der Waals surface area contributed by atoms with Crippen LogP contribution in [-0.4, -0.2) is 81.7 Å². The van der Waals surface area contributed by atoms with E-state index in [0.717, 1.165) is 37.6 Å². The molecule has 34 heavy (non-hydrogen) atoms. The highest BCUT2D eigenvalue weighted by Crippen LogP contribution is 2.32. The lowest BCUT2D eigenvalue weighted by Gasteiger charge is -2.34. The lowest BCUT2D eigenvalue weighted by atomic mass is 10.0. The number of piperazine rings is 1. The number of methoxy groups -OCH3 is 1. The molecule has 4 rings (SSSR count). The molecule has 8 heteroatoms. The summed E-state index contributed by atoms with van der Waals surface area (Å²) in [6, 6.07) is 15.2. The molecule has 0 spiro atoms. The van der Waals surface area contributed by atoms with Crippen LogP contribution in [0.15, 0.2) is 54.2 Å². The Balaban J connectivity index is 1.60. The average Bonchev–Trinajstić information content (AvgIpc) is 3.08. The zero-order chi connectivity index (χ0) is 24.1. The molecule has 2 amide bonds. The number of likely N-dealkylation sites (N-methyl/N-ethyl adjacent to an activating group) is 1. The van der Waals surface area contributed by atoms with Crippen LogP contribution in [0.2, 0.25) is 0 Å². The average molecular weight is 465 g/mol. The number of carbonyl (C=O) groups is 2. The fourth-order valence-corrected chi connectivity index (χ4v) is 4.19. The molecule has 0 atom stereocenters. The van der Waals surface area contributed by atoms with Gasteiger partial charge < -0.3 is 24.6 Å². The Kier molecular flexibility index (Phi) is 7.49. The molecule has 2 aliphatic rings. The van der Waals surface area contributed by atoms with Gasteiger partial charge in [-0.2, -0.15) is 0 Å². The minimum Gasteiger partial charge on any atom is -0.494 e. The van der Waals surface area contributed by atoms with E-state index >= 15 is 0 Å². The van der Waals surface area contributed by atoms with E-state index in [1.165, 1.54) is 4.90 Å². The van der Waals surface area contributed by atoms with E-state index in [4.69, 9.17) is 9.47 Å². The van der Waals surface area contributed by atoms with Crippen LogP contribution >= 0.6 is 0 Å². The van der Waals surface area contributed by atoms with Gasteiger partial charge in [0.1, 0.15) is 11.4 Å². The van der Waals surface area contributed by atoms with Crippen molar-refractivity contribution >= 4 is 28.8 Å². The first-order valence-corrected chi connectivity index (χ1v) is 11.6. The lowest BCUT2D eigenvalue weighted by molar-refractivity contribution is -0.137. The topological polar surface area (TPSA) is 74.3 Å². The number of imide groups is 1. The molecule has 1 saturated heterocycles. The number of nitrogens with zero attached hydrogens (tertiary/aromatic N) is 3. The fourth-order valence-electron chi connectivity index (χ4n) is 4.19. The monoisotopic (exact) mass is 464 g/mol. The van der Waals surface area contributed by atoms with Gasteiger partial charge >= 0.3 is 0 Å². The van der Waals surface area contributed by atoms with Crippen molar-refractivity contribution < 1.29 is 19.1 Å². The van der Waals surface area contributed by atoms with Gasteiger partial charge in [-0.1, -0.05) is 12.1 Å². The van der Waals surface area contributed by atoms with Crippen molar-refractivity contribution in [3.8, 4) is 5.75 Å². The SMILES string of the molecule is CCOc1ccc(C2=C(Nc3ccc(N4CCN(C)CC4)cc3)C(=O)N(CCOC)C2=O)cc1. The summed E-state index contributed by atoms with van der Waals surface area (Å²) < 4.78 is 10.6. The number of nitrogens with one attached hydrogen (secondary N) is 1. The van der Waals surface area contributed by atoms with Crippen molar-refractivity contribution in [2.24, 2.45) is 0 Å². The van der Waals surface area contributed by atoms with Gasteiger partial charge in [-0.15, -0.1) is 0 Å². The number of ether oxygens (including phenoxy) is 2. The number of carbonyl (C=O) groups excluding carboxylic acids is 2. The molecule has 0 bridgehead atoms. The Morgan fingerprint density at radius 1 is 0.912 bits per heavy atom. The smallest absolute Gasteiger partial charge is 0.278 e. The van der Waals surface area contributed by atoms with Crippen LogP contribution in [0.1, 0.15) is 12.5 Å². The largest absolute Gasteiger partial charge is 0.494 e. The van der Waals surface area contributed by atoms with E-state index in [1.807, 2.05) is 43.3 Å². The molecule has 1 N–H and O–H groups in total. The second-order valence-corrected chi connectivity index (χ2v) is 8.42. The van der Waals surface area contributed by atoms with E-state index in [2.05, 4.69) is 34.3 Å². The second kappa shape index (κ2) is 10.7. The zero-order valence-electron chi connectivity index (χ0n) is 20.0. The maximum Gasteiger partial charge on any atom is 0.278 e. The maximum atomic E-state index is 13.2. The quantitative estimate of drug-likeness (QED) is 0.572. The summed E-state index contributed by atoms with van der Waals surface area (Å²) in [5, 5.41) is 3.22. The molecule has 2 aromatic carbocycles. The summed E-state index contributed by atoms with van der Waals surface area (Å²) in [5.41, 5.74) is 3.20. The summed E-state index contributed by atoms with van der Waals surface area (Å²) >= 11 is 0. The summed E-state index contributed by atoms with van der Waals surface area (Å²) in [6.07, 6.45) is 0. The molecule has 0 unspecified atom stereocenters. The van der Waals surface area contributed by atoms with Crippen LogP contribution < -0.4 is 15.0 Å². The molecule has 2 heterocycles. The van der Waals surface area contributed by atoms with Crippen LogP contribution in [0.25, 0.3) is 5.57 Å². The van der Waals surface area contributed by atoms with E-state index < -0.39 is 0 Å². The van der Waals surface area contributed by atoms with E-state index in [1.54, 1.807) is 7.11 Å². The van der Waals surface area contributed by atoms with Gasteiger partial charge in [0.25, 0.3) is 11.8 Å². The van der Waals surface area contributed by atoms with Crippen LogP contribution in [-0.2, 0) is 14.3 Å². The van der Waals surface area contributed by atoms with E-state index in [9.17, 15) is 9.59 Å². The summed E-state index contributed by atoms with van der Waals surface area (Å²) in [6.45, 7) is 6.98. The van der Waals surface area contributed by atoms with Gasteiger partial charge in [0.15, 0.2) is 0 Å². The number of benzene rings is 2. The number of rotatable bonds is 9. The minimum atomic E-state index is -0.353. The predicted molar refractivity (Wildman–Crippen MR) is 133 cm³/mol. The number of anilines is 2. The highest BCUT2D eigenvalue weighted by atomic mass is 16.5. The predicted octanol–water partition coefficient (Wildman–Crippen LogP) is 2.68. The third-order valence-corrected chi connectivity index (χ3v) is 6.15. The van der Waals surface area contributed by atoms with E-state index in [0.29, 0.717) is 23.5 Å². The third-order valence-electron chi connectivity index (χ3n) is 6.15. The molecular formula is C26H32N4O4. The van der Waals surface area contributed by atoms with Crippen molar-refractivity contribution in [2.45, 2.75) is 6.92 Å². The summed E-state index contributed by atoms with van der Waals surface area (Å²) in [5.74, 6) is 0.0331. The summed E-state index contributed by atoms with van der Waals surface area (Å²) in [4.78, 5) is 32.3. The van der Waals surface area contributed by atoms with Crippen LogP contribution in [0.4, 0.5) is 11.4 Å². The van der Waals surface area contributed by atoms with Gasteiger partial charge in [-0.05, 0) is 55.9 Å². The van der Waals surface area contributed by atoms with Gasteiger partial charge in [0.05, 0.1) is 25.3 Å². The first-order valence-electron chi connectivity index (χ1n) is 11.6. The number of amides is 2. The Morgan fingerprint density at radius 2 is 1.59 bits per heavy atom. The van der Waals surface area contributed by atoms with Gasteiger partial charge in [-0.3, -0.25) is 14.5 Å².